The molecule has 21 N–H and O–H groups in total. The molecule has 2 rings (SSSR count). The third-order valence-electron chi connectivity index (χ3n) is 12.7. The molecule has 0 saturated carbocycles. The minimum absolute atomic E-state index is 0.144. The van der Waals surface area contributed by atoms with Gasteiger partial charge in [-0.05, 0) is 48.9 Å². The predicted octanol–water partition coefficient (Wildman–Crippen LogP) is -6.37. The Balaban J connectivity index is 2.44. The number of phenolic OH excluding ortho intramolecular Hbond substituents is 1. The molecule has 31 heteroatoms. The summed E-state index contributed by atoms with van der Waals surface area (Å²) in [6, 6.07) is -4.06. The smallest absolute Gasteiger partial charge is 0.326 e. The fraction of sp³-hybridized carbons (Fsp3) is 0.519. The van der Waals surface area contributed by atoms with Gasteiger partial charge in [-0.3, -0.25) is 57.5 Å². The van der Waals surface area contributed by atoms with Crippen LogP contribution in [0, 0.1) is 11.8 Å². The predicted molar refractivity (Wildman–Crippen MR) is 290 cm³/mol. The van der Waals surface area contributed by atoms with Gasteiger partial charge in [0, 0.05) is 12.8 Å². The summed E-state index contributed by atoms with van der Waals surface area (Å²) in [4.78, 5) is 171. The van der Waals surface area contributed by atoms with Crippen molar-refractivity contribution in [1.82, 2.24) is 47.9 Å². The minimum Gasteiger partial charge on any atom is -0.508 e. The van der Waals surface area contributed by atoms with Crippen LogP contribution in [0.2, 0.25) is 0 Å². The van der Waals surface area contributed by atoms with Crippen LogP contribution >= 0.6 is 0 Å². The topological polar surface area (TPSA) is 530 Å². The molecule has 2 aromatic rings. The number of aromatic hydroxyl groups is 1. The van der Waals surface area contributed by atoms with E-state index >= 15 is 0 Å². The maximum Gasteiger partial charge on any atom is 0.326 e. The second-order valence-corrected chi connectivity index (χ2v) is 20.0. The van der Waals surface area contributed by atoms with E-state index in [1.165, 1.54) is 52.0 Å². The minimum atomic E-state index is -2.00. The van der Waals surface area contributed by atoms with Crippen LogP contribution in [0.25, 0.3) is 0 Å². The van der Waals surface area contributed by atoms with Gasteiger partial charge in [-0.15, -0.1) is 0 Å². The maximum absolute atomic E-state index is 14.3. The lowest BCUT2D eigenvalue weighted by Crippen LogP contribution is -2.63. The van der Waals surface area contributed by atoms with E-state index in [2.05, 4.69) is 37.2 Å². The van der Waals surface area contributed by atoms with Crippen molar-refractivity contribution in [3.8, 4) is 5.75 Å². The van der Waals surface area contributed by atoms with Gasteiger partial charge < -0.3 is 95.7 Å². The molecule has 0 aliphatic carbocycles. The van der Waals surface area contributed by atoms with Crippen molar-refractivity contribution in [2.24, 2.45) is 29.0 Å². The van der Waals surface area contributed by atoms with E-state index in [0.717, 1.165) is 6.92 Å². The highest BCUT2D eigenvalue weighted by molar-refractivity contribution is 6.00. The molecule has 31 nitrogen and oxygen atoms in total. The number of amides is 11. The molecule has 0 bridgehead atoms. The number of hydrogen-bond donors (Lipinski definition) is 18. The molecular weight excluding hydrogens is 1100 g/mol. The third kappa shape index (κ3) is 23.7. The Hall–Kier alpha value is -8.81. The number of carbonyl (C=O) groups is 13. The molecule has 0 radical (unpaired) electrons. The van der Waals surface area contributed by atoms with Crippen LogP contribution < -0.4 is 65.1 Å². The number of benzene rings is 2. The van der Waals surface area contributed by atoms with Gasteiger partial charge in [0.15, 0.2) is 0 Å². The Kier molecular flexibility index (Phi) is 28.6. The third-order valence-corrected chi connectivity index (χ3v) is 12.7. The van der Waals surface area contributed by atoms with Gasteiger partial charge in [-0.1, -0.05) is 76.6 Å². The largest absolute Gasteiger partial charge is 0.508 e. The number of phenols is 1. The molecule has 0 heterocycles. The van der Waals surface area contributed by atoms with E-state index in [9.17, 15) is 87.9 Å². The number of carboxylic acid groups (broad SMARTS) is 2. The fourth-order valence-corrected chi connectivity index (χ4v) is 7.81. The van der Waals surface area contributed by atoms with Gasteiger partial charge in [-0.25, -0.2) is 4.79 Å². The quantitative estimate of drug-likeness (QED) is 0.0305. The monoisotopic (exact) mass is 1170 g/mol. The Morgan fingerprint density at radius 1 is 0.458 bits per heavy atom. The van der Waals surface area contributed by atoms with E-state index in [4.69, 9.17) is 22.3 Å². The lowest BCUT2D eigenvalue weighted by molar-refractivity contribution is -0.143. The lowest BCUT2D eigenvalue weighted by atomic mass is 9.95. The van der Waals surface area contributed by atoms with Crippen LogP contribution in [-0.4, -0.2) is 187 Å². The molecule has 0 saturated heterocycles. The molecule has 458 valence electrons. The maximum atomic E-state index is 14.3. The summed E-state index contributed by atoms with van der Waals surface area (Å²) in [6.45, 7) is 7.22. The van der Waals surface area contributed by atoms with E-state index in [-0.39, 0.29) is 24.2 Å². The van der Waals surface area contributed by atoms with Crippen LogP contribution in [0.15, 0.2) is 54.6 Å². The van der Waals surface area contributed by atoms with E-state index in [1.807, 2.05) is 10.6 Å². The highest BCUT2D eigenvalue weighted by Gasteiger charge is 2.39. The molecule has 11 amide bonds. The van der Waals surface area contributed by atoms with Crippen LogP contribution in [0.1, 0.15) is 78.4 Å². The number of nitrogens with one attached hydrogen (secondary N) is 9. The average Bonchev–Trinajstić information content (AvgIpc) is 3.42. The highest BCUT2D eigenvalue weighted by atomic mass is 16.4. The Morgan fingerprint density at radius 3 is 1.28 bits per heavy atom. The molecule has 0 unspecified atom stereocenters. The van der Waals surface area contributed by atoms with Gasteiger partial charge in [0.25, 0.3) is 0 Å². The second kappa shape index (κ2) is 33.8. The number of hydrogen-bond acceptors (Lipinski definition) is 18. The first-order valence-corrected chi connectivity index (χ1v) is 26.1. The van der Waals surface area contributed by atoms with Gasteiger partial charge in [0.1, 0.15) is 60.1 Å². The molecule has 0 spiro atoms. The summed E-state index contributed by atoms with van der Waals surface area (Å²) in [7, 11) is 0. The highest BCUT2D eigenvalue weighted by Crippen LogP contribution is 2.15. The van der Waals surface area contributed by atoms with Gasteiger partial charge in [0.05, 0.1) is 44.1 Å². The number of rotatable bonds is 35. The summed E-state index contributed by atoms with van der Waals surface area (Å²) >= 11 is 0. The Bertz CT molecular complexity index is 2620. The summed E-state index contributed by atoms with van der Waals surface area (Å²) in [6.07, 6.45) is -6.49. The van der Waals surface area contributed by atoms with E-state index in [1.54, 1.807) is 37.3 Å². The Labute approximate surface area is 476 Å². The first-order chi connectivity index (χ1) is 38.8. The van der Waals surface area contributed by atoms with Crippen molar-refractivity contribution in [3.63, 3.8) is 0 Å². The molecule has 0 aromatic heterocycles. The number of aliphatic carboxylic acids is 2. The summed E-state index contributed by atoms with van der Waals surface area (Å²) in [5, 5.41) is 80.1. The summed E-state index contributed by atoms with van der Waals surface area (Å²) < 4.78 is 0. The Morgan fingerprint density at radius 2 is 0.831 bits per heavy atom. The van der Waals surface area contributed by atoms with Gasteiger partial charge >= 0.3 is 11.9 Å². The number of carboxylic acids is 2. The number of aliphatic hydroxyl groups excluding tert-OH is 3. The second-order valence-electron chi connectivity index (χ2n) is 20.0. The molecule has 13 atom stereocenters. The first kappa shape index (κ1) is 70.3. The fourth-order valence-electron chi connectivity index (χ4n) is 7.81. The molecule has 0 aliphatic rings. The average molecular weight is 1170 g/mol. The first-order valence-electron chi connectivity index (χ1n) is 26.1. The van der Waals surface area contributed by atoms with Crippen LogP contribution in [-0.2, 0) is 75.2 Å². The van der Waals surface area contributed by atoms with Crippen LogP contribution in [0.5, 0.6) is 5.75 Å². The van der Waals surface area contributed by atoms with Crippen molar-refractivity contribution in [3.05, 3.63) is 65.7 Å². The lowest BCUT2D eigenvalue weighted by Gasteiger charge is -2.31. The molecule has 0 fully saturated rings. The van der Waals surface area contributed by atoms with Crippen molar-refractivity contribution >= 4 is 76.9 Å². The summed E-state index contributed by atoms with van der Waals surface area (Å²) in [5.41, 5.74) is 17.2. The number of carbonyl (C=O) groups excluding carboxylic acids is 11. The molecular formula is C52H76N12O19. The normalized spacial score (nSPS) is 15.8. The zero-order chi connectivity index (χ0) is 63.0. The molecule has 83 heavy (non-hydrogen) atoms. The standard InChI is InChI=1S/C52H76N12O19/c1-7-24(4)40(49(79)61-39(23(2)3)48(78)64-42(26(6)67)50(80)59-34(52(82)83)18-27-11-9-8-10-12-27)62-46(76)33(21-37(55)70)57-44(74)31(17-28-13-15-29(68)16-14-28)56-45(75)32(20-36(54)69)58-47(77)35(22-65)60-51(81)41(25(5)66)63-43(73)30(53)19-38(71)72/h8-16,23-26,30-35,39-42,65-68H,7,17-22,53H2,1-6H3,(H2,54,69)(H2,55,70)(H,56,75)(H,57,74)(H,58,77)(H,59,80)(H,60,81)(H,61,79)(H,62,76)(H,63,73)(H,64,78)(H,71,72)(H,82,83)/t24-,25+,26+,30-,31-,32-,33-,34-,35-,39-,40-,41-,42-/m0/s1. The zero-order valence-electron chi connectivity index (χ0n) is 46.5. The SMILES string of the molecule is CC[C@H](C)[C@H](NC(=O)[C@H](CC(N)=O)NC(=O)[C@H](Cc1ccc(O)cc1)NC(=O)[C@H](CC(N)=O)NC(=O)[C@H](CO)NC(=O)[C@@H](NC(=O)[C@@H](N)CC(=O)O)[C@@H](C)O)C(=O)N[C@H](C(=O)N[C@H](C(=O)N[C@@H](Cc1ccccc1)C(=O)O)[C@@H](C)O)C(C)C. The van der Waals surface area contributed by atoms with E-state index < -0.39 is 194 Å². The van der Waals surface area contributed by atoms with Crippen LogP contribution in [0.3, 0.4) is 0 Å². The summed E-state index contributed by atoms with van der Waals surface area (Å²) in [5.74, 6) is -17.6. The molecule has 0 aliphatic heterocycles. The van der Waals surface area contributed by atoms with Crippen molar-refractivity contribution < 1.29 is 93.0 Å². The number of nitrogens with two attached hydrogens (primary N) is 3. The zero-order valence-corrected chi connectivity index (χ0v) is 46.5. The number of aliphatic hydroxyl groups is 3. The van der Waals surface area contributed by atoms with Crippen molar-refractivity contribution in [1.29, 1.82) is 0 Å². The van der Waals surface area contributed by atoms with Gasteiger partial charge in [0.2, 0.25) is 65.0 Å². The molecule has 2 aromatic carbocycles. The van der Waals surface area contributed by atoms with Gasteiger partial charge in [-0.2, -0.15) is 0 Å². The van der Waals surface area contributed by atoms with Crippen LogP contribution in [0.4, 0.5) is 0 Å². The van der Waals surface area contributed by atoms with E-state index in [0.29, 0.717) is 5.56 Å². The van der Waals surface area contributed by atoms with Crippen molar-refractivity contribution in [2.45, 2.75) is 153 Å². The number of primary amides is 2. The van der Waals surface area contributed by atoms with Crippen molar-refractivity contribution in [2.75, 3.05) is 6.61 Å².